The number of rotatable bonds is 4. The number of hydrogen-bond acceptors (Lipinski definition) is 4. The zero-order chi connectivity index (χ0) is 8.85. The first-order valence-electron chi connectivity index (χ1n) is 2.94. The van der Waals surface area contributed by atoms with E-state index in [0.29, 0.717) is 0 Å². The third kappa shape index (κ3) is 3.87. The summed E-state index contributed by atoms with van der Waals surface area (Å²) in [5, 5.41) is 7.75. The van der Waals surface area contributed by atoms with Crippen molar-refractivity contribution >= 4 is 23.7 Å². The fourth-order valence-electron chi connectivity index (χ4n) is 0.553. The highest BCUT2D eigenvalue weighted by Crippen LogP contribution is 2.11. The number of ether oxygens (including phenoxy) is 1. The van der Waals surface area contributed by atoms with E-state index in [1.54, 1.807) is 6.26 Å². The van der Waals surface area contributed by atoms with Crippen molar-refractivity contribution in [3.05, 3.63) is 0 Å². The van der Waals surface area contributed by atoms with Crippen molar-refractivity contribution in [3.63, 3.8) is 0 Å². The van der Waals surface area contributed by atoms with Crippen LogP contribution in [0.25, 0.3) is 0 Å². The number of aliphatic carboxylic acids is 1. The Labute approximate surface area is 68.9 Å². The maximum absolute atomic E-state index is 10.8. The van der Waals surface area contributed by atoms with Gasteiger partial charge in [0.25, 0.3) is 0 Å². The van der Waals surface area contributed by atoms with Crippen LogP contribution in [-0.4, -0.2) is 35.7 Å². The number of carboxylic acid groups (broad SMARTS) is 1. The first-order valence-corrected chi connectivity index (χ1v) is 4.23. The smallest absolute Gasteiger partial charge is 0.319 e. The SMILES string of the molecule is COC(=O)C(CC(=O)O)SC. The van der Waals surface area contributed by atoms with Crippen LogP contribution in [0.4, 0.5) is 0 Å². The summed E-state index contributed by atoms with van der Waals surface area (Å²) in [6, 6.07) is 0. The van der Waals surface area contributed by atoms with E-state index in [2.05, 4.69) is 4.74 Å². The van der Waals surface area contributed by atoms with Gasteiger partial charge >= 0.3 is 11.9 Å². The Morgan fingerprint density at radius 3 is 2.45 bits per heavy atom. The third-order valence-electron chi connectivity index (χ3n) is 1.11. The molecule has 0 aliphatic rings. The quantitative estimate of drug-likeness (QED) is 0.630. The molecule has 0 aliphatic heterocycles. The second-order valence-corrected chi connectivity index (χ2v) is 2.89. The monoisotopic (exact) mass is 178 g/mol. The van der Waals surface area contributed by atoms with Crippen LogP contribution in [0.5, 0.6) is 0 Å². The van der Waals surface area contributed by atoms with Crippen molar-refractivity contribution in [1.29, 1.82) is 0 Å². The molecule has 1 unspecified atom stereocenters. The summed E-state index contributed by atoms with van der Waals surface area (Å²) in [7, 11) is 1.24. The van der Waals surface area contributed by atoms with Gasteiger partial charge in [0.05, 0.1) is 13.5 Å². The van der Waals surface area contributed by atoms with Crippen molar-refractivity contribution < 1.29 is 19.4 Å². The highest BCUT2D eigenvalue weighted by molar-refractivity contribution is 7.99. The standard InChI is InChI=1S/C6H10O4S/c1-10-6(9)4(11-2)3-5(7)8/h4H,3H2,1-2H3,(H,7,8). The van der Waals surface area contributed by atoms with Crippen LogP contribution < -0.4 is 0 Å². The molecule has 0 radical (unpaired) electrons. The van der Waals surface area contributed by atoms with Crippen LogP contribution in [0.1, 0.15) is 6.42 Å². The lowest BCUT2D eigenvalue weighted by Gasteiger charge is -2.07. The summed E-state index contributed by atoms with van der Waals surface area (Å²) < 4.78 is 4.38. The van der Waals surface area contributed by atoms with Gasteiger partial charge in [-0.15, -0.1) is 11.8 Å². The van der Waals surface area contributed by atoms with Gasteiger partial charge in [-0.25, -0.2) is 0 Å². The molecule has 11 heavy (non-hydrogen) atoms. The molecule has 0 rings (SSSR count). The van der Waals surface area contributed by atoms with Crippen LogP contribution in [0.2, 0.25) is 0 Å². The molecule has 0 aromatic carbocycles. The summed E-state index contributed by atoms with van der Waals surface area (Å²) >= 11 is 1.18. The summed E-state index contributed by atoms with van der Waals surface area (Å²) in [5.41, 5.74) is 0. The molecular weight excluding hydrogens is 168 g/mol. The van der Waals surface area contributed by atoms with Crippen molar-refractivity contribution in [2.24, 2.45) is 0 Å². The number of hydrogen-bond donors (Lipinski definition) is 1. The van der Waals surface area contributed by atoms with Gasteiger partial charge in [-0.2, -0.15) is 0 Å². The molecule has 0 heterocycles. The second kappa shape index (κ2) is 5.01. The molecule has 0 bridgehead atoms. The molecule has 0 spiro atoms. The Kier molecular flexibility index (Phi) is 4.69. The second-order valence-electron chi connectivity index (χ2n) is 1.85. The molecule has 1 N–H and O–H groups in total. The predicted molar refractivity (Wildman–Crippen MR) is 41.6 cm³/mol. The van der Waals surface area contributed by atoms with Crippen molar-refractivity contribution in [3.8, 4) is 0 Å². The lowest BCUT2D eigenvalue weighted by atomic mass is 10.3. The van der Waals surface area contributed by atoms with Gasteiger partial charge in [-0.05, 0) is 6.26 Å². The average Bonchev–Trinajstić information content (AvgIpc) is 1.98. The Balaban J connectivity index is 3.94. The molecule has 1 atom stereocenters. The molecule has 0 aromatic rings. The Hall–Kier alpha value is -0.710. The molecule has 0 saturated heterocycles. The number of carbonyl (C=O) groups excluding carboxylic acids is 1. The largest absolute Gasteiger partial charge is 0.481 e. The highest BCUT2D eigenvalue weighted by atomic mass is 32.2. The number of methoxy groups -OCH3 is 1. The van der Waals surface area contributed by atoms with Gasteiger partial charge in [0.15, 0.2) is 0 Å². The van der Waals surface area contributed by atoms with E-state index in [9.17, 15) is 9.59 Å². The minimum absolute atomic E-state index is 0.187. The zero-order valence-corrected chi connectivity index (χ0v) is 7.18. The zero-order valence-electron chi connectivity index (χ0n) is 6.36. The van der Waals surface area contributed by atoms with Crippen LogP contribution in [0, 0.1) is 0 Å². The molecule has 0 aromatic heterocycles. The normalized spacial score (nSPS) is 12.2. The number of carbonyl (C=O) groups is 2. The molecule has 0 aliphatic carbocycles. The van der Waals surface area contributed by atoms with E-state index in [0.717, 1.165) is 0 Å². The van der Waals surface area contributed by atoms with E-state index in [1.807, 2.05) is 0 Å². The Morgan fingerprint density at radius 1 is 1.64 bits per heavy atom. The molecule has 64 valence electrons. The average molecular weight is 178 g/mol. The summed E-state index contributed by atoms with van der Waals surface area (Å²) in [6.45, 7) is 0. The van der Waals surface area contributed by atoms with E-state index in [1.165, 1.54) is 18.9 Å². The Bertz CT molecular complexity index is 157. The van der Waals surface area contributed by atoms with Gasteiger partial charge in [-0.1, -0.05) is 0 Å². The van der Waals surface area contributed by atoms with Crippen LogP contribution in [-0.2, 0) is 14.3 Å². The molecule has 0 saturated carbocycles. The number of thioether (sulfide) groups is 1. The third-order valence-corrected chi connectivity index (χ3v) is 2.04. The van der Waals surface area contributed by atoms with Gasteiger partial charge in [0.2, 0.25) is 0 Å². The van der Waals surface area contributed by atoms with E-state index in [-0.39, 0.29) is 6.42 Å². The first-order chi connectivity index (χ1) is 5.11. The molecule has 0 amide bonds. The van der Waals surface area contributed by atoms with E-state index in [4.69, 9.17) is 5.11 Å². The summed E-state index contributed by atoms with van der Waals surface area (Å²) in [6.07, 6.45) is 1.48. The van der Waals surface area contributed by atoms with Gasteiger partial charge < -0.3 is 9.84 Å². The van der Waals surface area contributed by atoms with Gasteiger partial charge in [-0.3, -0.25) is 9.59 Å². The van der Waals surface area contributed by atoms with Crippen molar-refractivity contribution in [2.45, 2.75) is 11.7 Å². The van der Waals surface area contributed by atoms with Crippen molar-refractivity contribution in [2.75, 3.05) is 13.4 Å². The Morgan fingerprint density at radius 2 is 2.18 bits per heavy atom. The number of esters is 1. The van der Waals surface area contributed by atoms with Crippen molar-refractivity contribution in [1.82, 2.24) is 0 Å². The molecular formula is C6H10O4S. The van der Waals surface area contributed by atoms with E-state index < -0.39 is 17.2 Å². The predicted octanol–water partition coefficient (Wildman–Crippen LogP) is 0.366. The first kappa shape index (κ1) is 10.3. The molecule has 4 nitrogen and oxygen atoms in total. The topological polar surface area (TPSA) is 63.6 Å². The van der Waals surface area contributed by atoms with E-state index >= 15 is 0 Å². The molecule has 5 heteroatoms. The number of carboxylic acids is 1. The minimum atomic E-state index is -0.991. The maximum Gasteiger partial charge on any atom is 0.319 e. The van der Waals surface area contributed by atoms with Crippen LogP contribution >= 0.6 is 11.8 Å². The lowest BCUT2D eigenvalue weighted by molar-refractivity contribution is -0.144. The maximum atomic E-state index is 10.8. The highest BCUT2D eigenvalue weighted by Gasteiger charge is 2.20. The molecule has 0 fully saturated rings. The fraction of sp³-hybridized carbons (Fsp3) is 0.667. The van der Waals surface area contributed by atoms with Crippen LogP contribution in [0.15, 0.2) is 0 Å². The summed E-state index contributed by atoms with van der Waals surface area (Å²) in [4.78, 5) is 20.9. The van der Waals surface area contributed by atoms with Gasteiger partial charge in [0.1, 0.15) is 5.25 Å². The summed E-state index contributed by atoms with van der Waals surface area (Å²) in [5.74, 6) is -1.48. The lowest BCUT2D eigenvalue weighted by Crippen LogP contribution is -2.21. The van der Waals surface area contributed by atoms with Crippen LogP contribution in [0.3, 0.4) is 0 Å². The minimum Gasteiger partial charge on any atom is -0.481 e. The fourth-order valence-corrected chi connectivity index (χ4v) is 1.15. The van der Waals surface area contributed by atoms with Gasteiger partial charge in [0, 0.05) is 0 Å².